The van der Waals surface area contributed by atoms with Gasteiger partial charge in [-0.1, -0.05) is 18.5 Å². The summed E-state index contributed by atoms with van der Waals surface area (Å²) in [5.74, 6) is -0.291. The zero-order chi connectivity index (χ0) is 10.8. The molecule has 2 aromatic heterocycles. The van der Waals surface area contributed by atoms with Gasteiger partial charge in [-0.15, -0.1) is 0 Å². The number of hydrogen-bond acceptors (Lipinski definition) is 3. The minimum Gasteiger partial charge on any atom is -0.337 e. The standard InChI is InChI=1S/C10H9ClN2O2/c1-2-9(14)15-13-6-4-7-8(13)3-5-12-10(7)11/h3-6H,2H2,1H3. The number of aromatic nitrogens is 2. The van der Waals surface area contributed by atoms with E-state index in [9.17, 15) is 4.79 Å². The van der Waals surface area contributed by atoms with Crippen molar-refractivity contribution < 1.29 is 9.63 Å². The fourth-order valence-electron chi connectivity index (χ4n) is 1.26. The van der Waals surface area contributed by atoms with E-state index < -0.39 is 0 Å². The molecule has 0 aliphatic heterocycles. The van der Waals surface area contributed by atoms with E-state index in [0.717, 1.165) is 10.9 Å². The van der Waals surface area contributed by atoms with Crippen molar-refractivity contribution in [2.24, 2.45) is 0 Å². The van der Waals surface area contributed by atoms with E-state index in [-0.39, 0.29) is 5.97 Å². The average Bonchev–Trinajstić information content (AvgIpc) is 2.63. The molecule has 0 bridgehead atoms. The van der Waals surface area contributed by atoms with Crippen LogP contribution in [0, 0.1) is 0 Å². The van der Waals surface area contributed by atoms with Gasteiger partial charge in [-0.25, -0.2) is 9.78 Å². The smallest absolute Gasteiger partial charge is 0.332 e. The van der Waals surface area contributed by atoms with Crippen molar-refractivity contribution in [1.82, 2.24) is 9.71 Å². The number of nitrogens with zero attached hydrogens (tertiary/aromatic N) is 2. The third kappa shape index (κ3) is 1.80. The van der Waals surface area contributed by atoms with Crippen molar-refractivity contribution in [2.75, 3.05) is 0 Å². The van der Waals surface area contributed by atoms with Crippen molar-refractivity contribution in [3.8, 4) is 0 Å². The molecular formula is C10H9ClN2O2. The molecule has 78 valence electrons. The van der Waals surface area contributed by atoms with Crippen LogP contribution < -0.4 is 4.84 Å². The number of carbonyl (C=O) groups excluding carboxylic acids is 1. The minimum absolute atomic E-state index is 0.291. The number of halogens is 1. The molecule has 0 aliphatic carbocycles. The van der Waals surface area contributed by atoms with Crippen LogP contribution in [0.2, 0.25) is 5.15 Å². The molecule has 2 rings (SSSR count). The molecule has 0 N–H and O–H groups in total. The Labute approximate surface area is 91.4 Å². The molecule has 0 spiro atoms. The zero-order valence-electron chi connectivity index (χ0n) is 8.11. The lowest BCUT2D eigenvalue weighted by molar-refractivity contribution is -0.143. The minimum atomic E-state index is -0.291. The molecule has 0 atom stereocenters. The molecule has 2 heterocycles. The second kappa shape index (κ2) is 3.90. The van der Waals surface area contributed by atoms with Gasteiger partial charge in [0, 0.05) is 24.2 Å². The lowest BCUT2D eigenvalue weighted by Crippen LogP contribution is -2.17. The van der Waals surface area contributed by atoms with Gasteiger partial charge in [-0.2, -0.15) is 4.73 Å². The van der Waals surface area contributed by atoms with Gasteiger partial charge in [0.05, 0.1) is 5.52 Å². The Morgan fingerprint density at radius 1 is 1.60 bits per heavy atom. The number of carbonyl (C=O) groups is 1. The van der Waals surface area contributed by atoms with Gasteiger partial charge in [-0.05, 0) is 12.1 Å². The zero-order valence-corrected chi connectivity index (χ0v) is 8.86. The summed E-state index contributed by atoms with van der Waals surface area (Å²) in [6, 6.07) is 3.50. The lowest BCUT2D eigenvalue weighted by atomic mass is 10.3. The highest BCUT2D eigenvalue weighted by Gasteiger charge is 2.07. The molecular weight excluding hydrogens is 216 g/mol. The van der Waals surface area contributed by atoms with Crippen LogP contribution in [-0.4, -0.2) is 15.7 Å². The maximum Gasteiger partial charge on any atom is 0.332 e. The number of fused-ring (bicyclic) bond motifs is 1. The van der Waals surface area contributed by atoms with E-state index in [1.807, 2.05) is 0 Å². The van der Waals surface area contributed by atoms with Crippen molar-refractivity contribution in [2.45, 2.75) is 13.3 Å². The predicted octanol–water partition coefficient (Wildman–Crippen LogP) is 2.05. The summed E-state index contributed by atoms with van der Waals surface area (Å²) < 4.78 is 1.40. The van der Waals surface area contributed by atoms with Gasteiger partial charge in [0.25, 0.3) is 0 Å². The third-order valence-electron chi connectivity index (χ3n) is 2.02. The maximum atomic E-state index is 11.1. The lowest BCUT2D eigenvalue weighted by Gasteiger charge is -2.04. The first-order valence-electron chi connectivity index (χ1n) is 4.55. The monoisotopic (exact) mass is 224 g/mol. The van der Waals surface area contributed by atoms with Crippen LogP contribution in [0.5, 0.6) is 0 Å². The first-order chi connectivity index (χ1) is 7.22. The van der Waals surface area contributed by atoms with E-state index in [2.05, 4.69) is 4.98 Å². The summed E-state index contributed by atoms with van der Waals surface area (Å²) in [7, 11) is 0. The molecule has 0 radical (unpaired) electrons. The topological polar surface area (TPSA) is 44.1 Å². The molecule has 5 heteroatoms. The Kier molecular flexibility index (Phi) is 2.60. The first kappa shape index (κ1) is 9.98. The number of rotatable bonds is 2. The summed E-state index contributed by atoms with van der Waals surface area (Å²) in [4.78, 5) is 20.1. The molecule has 15 heavy (non-hydrogen) atoms. The first-order valence-corrected chi connectivity index (χ1v) is 4.93. The largest absolute Gasteiger partial charge is 0.337 e. The summed E-state index contributed by atoms with van der Waals surface area (Å²) >= 11 is 5.88. The maximum absolute atomic E-state index is 11.1. The second-order valence-corrected chi connectivity index (χ2v) is 3.35. The van der Waals surface area contributed by atoms with Crippen molar-refractivity contribution in [3.05, 3.63) is 29.7 Å². The average molecular weight is 225 g/mol. The molecule has 0 unspecified atom stereocenters. The van der Waals surface area contributed by atoms with Crippen molar-refractivity contribution >= 4 is 28.5 Å². The summed E-state index contributed by atoms with van der Waals surface area (Å²) in [6.45, 7) is 1.74. The van der Waals surface area contributed by atoms with E-state index in [1.165, 1.54) is 4.73 Å². The van der Waals surface area contributed by atoms with Gasteiger partial charge >= 0.3 is 5.97 Å². The fraction of sp³-hybridized carbons (Fsp3) is 0.200. The van der Waals surface area contributed by atoms with E-state index in [0.29, 0.717) is 11.6 Å². The normalized spacial score (nSPS) is 10.5. The summed E-state index contributed by atoms with van der Waals surface area (Å²) in [5, 5.41) is 1.17. The molecule has 0 saturated heterocycles. The van der Waals surface area contributed by atoms with Gasteiger partial charge in [-0.3, -0.25) is 0 Å². The van der Waals surface area contributed by atoms with Crippen LogP contribution in [0.1, 0.15) is 13.3 Å². The summed E-state index contributed by atoms with van der Waals surface area (Å²) in [6.07, 6.45) is 3.55. The highest BCUT2D eigenvalue weighted by atomic mass is 35.5. The third-order valence-corrected chi connectivity index (χ3v) is 2.32. The van der Waals surface area contributed by atoms with Crippen LogP contribution in [0.15, 0.2) is 24.5 Å². The highest BCUT2D eigenvalue weighted by molar-refractivity contribution is 6.34. The van der Waals surface area contributed by atoms with Crippen LogP contribution >= 0.6 is 11.6 Å². The van der Waals surface area contributed by atoms with Crippen LogP contribution in [0.3, 0.4) is 0 Å². The Morgan fingerprint density at radius 3 is 3.13 bits per heavy atom. The van der Waals surface area contributed by atoms with Gasteiger partial charge in [0.1, 0.15) is 5.15 Å². The molecule has 0 aliphatic rings. The van der Waals surface area contributed by atoms with Gasteiger partial charge in [0.2, 0.25) is 0 Å². The SMILES string of the molecule is CCC(=O)On1ccc2c(Cl)nccc21. The van der Waals surface area contributed by atoms with E-state index >= 15 is 0 Å². The second-order valence-electron chi connectivity index (χ2n) is 2.99. The Balaban J connectivity index is 2.45. The summed E-state index contributed by atoms with van der Waals surface area (Å²) in [5.41, 5.74) is 0.733. The van der Waals surface area contributed by atoms with Crippen LogP contribution in [0.4, 0.5) is 0 Å². The van der Waals surface area contributed by atoms with E-state index in [4.69, 9.17) is 16.4 Å². The van der Waals surface area contributed by atoms with E-state index in [1.54, 1.807) is 31.5 Å². The van der Waals surface area contributed by atoms with Crippen LogP contribution in [0.25, 0.3) is 10.9 Å². The highest BCUT2D eigenvalue weighted by Crippen LogP contribution is 2.21. The molecule has 0 fully saturated rings. The molecule has 0 amide bonds. The van der Waals surface area contributed by atoms with Crippen LogP contribution in [-0.2, 0) is 4.79 Å². The Bertz CT molecular complexity index is 507. The predicted molar refractivity (Wildman–Crippen MR) is 56.6 cm³/mol. The number of pyridine rings is 1. The molecule has 0 aromatic carbocycles. The van der Waals surface area contributed by atoms with Crippen molar-refractivity contribution in [1.29, 1.82) is 0 Å². The number of hydrogen-bond donors (Lipinski definition) is 0. The fourth-order valence-corrected chi connectivity index (χ4v) is 1.48. The van der Waals surface area contributed by atoms with Crippen molar-refractivity contribution in [3.63, 3.8) is 0 Å². The molecule has 0 saturated carbocycles. The van der Waals surface area contributed by atoms with Gasteiger partial charge in [0.15, 0.2) is 0 Å². The Hall–Kier alpha value is -1.55. The quantitative estimate of drug-likeness (QED) is 0.734. The Morgan fingerprint density at radius 2 is 2.40 bits per heavy atom. The molecule has 4 nitrogen and oxygen atoms in total. The molecule has 2 aromatic rings. The van der Waals surface area contributed by atoms with Gasteiger partial charge < -0.3 is 4.84 Å².